The Morgan fingerprint density at radius 2 is 1.84 bits per heavy atom. The Morgan fingerprint density at radius 1 is 1.12 bits per heavy atom. The standard InChI is InChI=1S/C18H19NO6/c20-10-14-13(7-4-8-15(14)21)17(23)16(22)9-19-18(24)25-11-12-5-2-1-3-6-12/h1-8,10,16-17,21-23H,9,11H2,(H,19,24). The Labute approximate surface area is 144 Å². The second-order valence-corrected chi connectivity index (χ2v) is 5.35. The van der Waals surface area contributed by atoms with Crippen molar-refractivity contribution in [1.82, 2.24) is 5.32 Å². The van der Waals surface area contributed by atoms with Crippen LogP contribution in [0.25, 0.3) is 0 Å². The molecule has 2 aromatic carbocycles. The van der Waals surface area contributed by atoms with Gasteiger partial charge in [0.15, 0.2) is 6.29 Å². The number of carbonyl (C=O) groups excluding carboxylic acids is 2. The lowest BCUT2D eigenvalue weighted by molar-refractivity contribution is 0.0179. The highest BCUT2D eigenvalue weighted by atomic mass is 16.5. The van der Waals surface area contributed by atoms with Crippen molar-refractivity contribution in [3.8, 4) is 5.75 Å². The number of alkyl carbamates (subject to hydrolysis) is 1. The van der Waals surface area contributed by atoms with Crippen LogP contribution in [-0.2, 0) is 11.3 Å². The molecular formula is C18H19NO6. The molecule has 2 aromatic rings. The van der Waals surface area contributed by atoms with Crippen LogP contribution in [0.3, 0.4) is 0 Å². The summed E-state index contributed by atoms with van der Waals surface area (Å²) in [4.78, 5) is 22.7. The largest absolute Gasteiger partial charge is 0.507 e. The number of aliphatic hydroxyl groups excluding tert-OH is 2. The van der Waals surface area contributed by atoms with Gasteiger partial charge >= 0.3 is 6.09 Å². The van der Waals surface area contributed by atoms with Gasteiger partial charge in [-0.25, -0.2) is 4.79 Å². The van der Waals surface area contributed by atoms with Crippen molar-refractivity contribution in [2.75, 3.05) is 6.54 Å². The summed E-state index contributed by atoms with van der Waals surface area (Å²) in [6.45, 7) is -0.212. The lowest BCUT2D eigenvalue weighted by Crippen LogP contribution is -2.36. The number of aldehydes is 1. The van der Waals surface area contributed by atoms with Crippen LogP contribution in [0.4, 0.5) is 4.79 Å². The maximum absolute atomic E-state index is 11.6. The number of amides is 1. The Balaban J connectivity index is 1.87. The van der Waals surface area contributed by atoms with Gasteiger partial charge in [-0.15, -0.1) is 0 Å². The van der Waals surface area contributed by atoms with E-state index in [4.69, 9.17) is 4.74 Å². The predicted octanol–water partition coefficient (Wildman–Crippen LogP) is 1.53. The Hall–Kier alpha value is -2.90. The van der Waals surface area contributed by atoms with E-state index in [2.05, 4.69) is 5.32 Å². The number of carbonyl (C=O) groups is 2. The molecule has 25 heavy (non-hydrogen) atoms. The number of aromatic hydroxyl groups is 1. The van der Waals surface area contributed by atoms with Crippen LogP contribution in [0.5, 0.6) is 5.75 Å². The monoisotopic (exact) mass is 345 g/mol. The summed E-state index contributed by atoms with van der Waals surface area (Å²) in [5.41, 5.74) is 0.774. The van der Waals surface area contributed by atoms with Crippen molar-refractivity contribution in [1.29, 1.82) is 0 Å². The van der Waals surface area contributed by atoms with Crippen LogP contribution < -0.4 is 5.32 Å². The molecule has 2 atom stereocenters. The molecule has 0 radical (unpaired) electrons. The van der Waals surface area contributed by atoms with Gasteiger partial charge in [-0.1, -0.05) is 42.5 Å². The van der Waals surface area contributed by atoms with Gasteiger partial charge in [-0.05, 0) is 17.2 Å². The lowest BCUT2D eigenvalue weighted by Gasteiger charge is -2.20. The van der Waals surface area contributed by atoms with Crippen molar-refractivity contribution in [2.45, 2.75) is 18.8 Å². The fourth-order valence-corrected chi connectivity index (χ4v) is 2.24. The highest BCUT2D eigenvalue weighted by Gasteiger charge is 2.23. The molecule has 0 heterocycles. The Bertz CT molecular complexity index is 719. The molecule has 7 nitrogen and oxygen atoms in total. The smallest absolute Gasteiger partial charge is 0.407 e. The molecule has 0 bridgehead atoms. The summed E-state index contributed by atoms with van der Waals surface area (Å²) in [5.74, 6) is -0.297. The number of phenols is 1. The first kappa shape index (κ1) is 18.4. The number of ether oxygens (including phenoxy) is 1. The first-order chi connectivity index (χ1) is 12.0. The van der Waals surface area contributed by atoms with E-state index >= 15 is 0 Å². The van der Waals surface area contributed by atoms with Gasteiger partial charge in [0.1, 0.15) is 24.6 Å². The molecule has 2 unspecified atom stereocenters. The maximum atomic E-state index is 11.6. The third kappa shape index (κ3) is 5.03. The topological polar surface area (TPSA) is 116 Å². The van der Waals surface area contributed by atoms with Crippen LogP contribution in [-0.4, -0.2) is 40.3 Å². The van der Waals surface area contributed by atoms with E-state index < -0.39 is 18.3 Å². The first-order valence-corrected chi connectivity index (χ1v) is 7.60. The van der Waals surface area contributed by atoms with Gasteiger partial charge in [0.25, 0.3) is 0 Å². The molecule has 0 fully saturated rings. The third-order valence-electron chi connectivity index (χ3n) is 3.59. The van der Waals surface area contributed by atoms with Gasteiger partial charge in [0.05, 0.1) is 5.56 Å². The number of phenolic OH excluding ortho intramolecular Hbond substituents is 1. The molecule has 0 aromatic heterocycles. The molecule has 132 valence electrons. The summed E-state index contributed by atoms with van der Waals surface area (Å²) in [5, 5.41) is 32.1. The second-order valence-electron chi connectivity index (χ2n) is 5.35. The zero-order valence-corrected chi connectivity index (χ0v) is 13.3. The summed E-state index contributed by atoms with van der Waals surface area (Å²) >= 11 is 0. The molecular weight excluding hydrogens is 326 g/mol. The summed E-state index contributed by atoms with van der Waals surface area (Å²) in [6.07, 6.45) is -3.20. The van der Waals surface area contributed by atoms with Crippen molar-refractivity contribution in [3.63, 3.8) is 0 Å². The normalized spacial score (nSPS) is 12.9. The summed E-state index contributed by atoms with van der Waals surface area (Å²) < 4.78 is 4.99. The number of aliphatic hydroxyl groups is 2. The van der Waals surface area contributed by atoms with Crippen molar-refractivity contribution in [3.05, 3.63) is 65.2 Å². The van der Waals surface area contributed by atoms with Crippen molar-refractivity contribution >= 4 is 12.4 Å². The van der Waals surface area contributed by atoms with Gasteiger partial charge in [-0.2, -0.15) is 0 Å². The van der Waals surface area contributed by atoms with Crippen molar-refractivity contribution < 1.29 is 29.6 Å². The average molecular weight is 345 g/mol. The van der Waals surface area contributed by atoms with E-state index in [9.17, 15) is 24.9 Å². The number of hydrogen-bond donors (Lipinski definition) is 4. The van der Waals surface area contributed by atoms with Crippen molar-refractivity contribution in [2.24, 2.45) is 0 Å². The van der Waals surface area contributed by atoms with E-state index in [0.717, 1.165) is 5.56 Å². The van der Waals surface area contributed by atoms with E-state index in [1.807, 2.05) is 18.2 Å². The molecule has 0 aliphatic carbocycles. The fourth-order valence-electron chi connectivity index (χ4n) is 2.24. The summed E-state index contributed by atoms with van der Waals surface area (Å²) in [6, 6.07) is 13.2. The van der Waals surface area contributed by atoms with Crippen LogP contribution >= 0.6 is 0 Å². The minimum absolute atomic E-state index is 0.0713. The molecule has 1 amide bonds. The van der Waals surface area contributed by atoms with Crippen LogP contribution in [0, 0.1) is 0 Å². The fraction of sp³-hybridized carbons (Fsp3) is 0.222. The van der Waals surface area contributed by atoms with Gasteiger partial charge < -0.3 is 25.4 Å². The molecule has 2 rings (SSSR count). The second kappa shape index (κ2) is 8.81. The number of hydrogen-bond acceptors (Lipinski definition) is 6. The van der Waals surface area contributed by atoms with Gasteiger partial charge in [0, 0.05) is 6.54 Å². The zero-order chi connectivity index (χ0) is 18.2. The minimum atomic E-state index is -1.46. The first-order valence-electron chi connectivity index (χ1n) is 7.60. The molecule has 0 spiro atoms. The number of nitrogens with one attached hydrogen (secondary N) is 1. The SMILES string of the molecule is O=Cc1c(O)cccc1C(O)C(O)CNC(=O)OCc1ccccc1. The highest BCUT2D eigenvalue weighted by molar-refractivity contribution is 5.81. The lowest BCUT2D eigenvalue weighted by atomic mass is 9.98. The van der Waals surface area contributed by atoms with Crippen LogP contribution in [0.2, 0.25) is 0 Å². The Kier molecular flexibility index (Phi) is 6.50. The molecule has 0 saturated carbocycles. The number of rotatable bonds is 7. The van der Waals surface area contributed by atoms with Gasteiger partial charge in [0.2, 0.25) is 0 Å². The highest BCUT2D eigenvalue weighted by Crippen LogP contribution is 2.26. The molecule has 0 aliphatic rings. The van der Waals surface area contributed by atoms with E-state index in [1.54, 1.807) is 12.1 Å². The average Bonchev–Trinajstić information content (AvgIpc) is 2.64. The minimum Gasteiger partial charge on any atom is -0.507 e. The Morgan fingerprint density at radius 3 is 2.52 bits per heavy atom. The van der Waals surface area contributed by atoms with E-state index in [0.29, 0.717) is 6.29 Å². The summed E-state index contributed by atoms with van der Waals surface area (Å²) in [7, 11) is 0. The molecule has 7 heteroatoms. The van der Waals surface area contributed by atoms with E-state index in [1.165, 1.54) is 18.2 Å². The zero-order valence-electron chi connectivity index (χ0n) is 13.3. The maximum Gasteiger partial charge on any atom is 0.407 e. The number of benzene rings is 2. The van der Waals surface area contributed by atoms with Gasteiger partial charge in [-0.3, -0.25) is 4.79 Å². The predicted molar refractivity (Wildman–Crippen MR) is 89.1 cm³/mol. The molecule has 0 saturated heterocycles. The molecule has 0 aliphatic heterocycles. The van der Waals surface area contributed by atoms with Crippen LogP contribution in [0.15, 0.2) is 48.5 Å². The van der Waals surface area contributed by atoms with Crippen LogP contribution in [0.1, 0.15) is 27.6 Å². The van der Waals surface area contributed by atoms with E-state index in [-0.39, 0.29) is 30.0 Å². The molecule has 4 N–H and O–H groups in total. The quantitative estimate of drug-likeness (QED) is 0.566. The third-order valence-corrected chi connectivity index (χ3v) is 3.59.